The van der Waals surface area contributed by atoms with Crippen molar-refractivity contribution in [2.45, 2.75) is 18.9 Å². The van der Waals surface area contributed by atoms with Crippen molar-refractivity contribution in [2.75, 3.05) is 11.5 Å². The lowest BCUT2D eigenvalue weighted by Crippen LogP contribution is -2.39. The van der Waals surface area contributed by atoms with E-state index in [2.05, 4.69) is 4.98 Å². The van der Waals surface area contributed by atoms with E-state index in [0.29, 0.717) is 10.9 Å². The summed E-state index contributed by atoms with van der Waals surface area (Å²) in [5.41, 5.74) is -0.208. The first-order valence-electron chi connectivity index (χ1n) is 6.22. The summed E-state index contributed by atoms with van der Waals surface area (Å²) in [4.78, 5) is 27.2. The molecule has 1 aliphatic heterocycles. The van der Waals surface area contributed by atoms with Crippen LogP contribution in [0.25, 0.3) is 10.9 Å². The zero-order valence-corrected chi connectivity index (χ0v) is 11.1. The molecule has 19 heavy (non-hydrogen) atoms. The number of aromatic hydroxyl groups is 1. The second-order valence-electron chi connectivity index (χ2n) is 4.68. The molecular weight excluding hydrogens is 264 g/mol. The van der Waals surface area contributed by atoms with Gasteiger partial charge in [0.25, 0.3) is 5.56 Å². The predicted octanol–water partition coefficient (Wildman–Crippen LogP) is 1.46. The molecule has 1 fully saturated rings. The lowest BCUT2D eigenvalue weighted by Gasteiger charge is -2.22. The quantitative estimate of drug-likeness (QED) is 0.828. The van der Waals surface area contributed by atoms with Gasteiger partial charge in [-0.05, 0) is 42.5 Å². The first-order valence-corrected chi connectivity index (χ1v) is 7.37. The standard InChI is InChI=1S/C13H14N2O3S/c16-9-1-2-11-10(7-9)12(17)15(13(18)14-11)8-3-5-19-6-4-8/h1-2,7-8,16H,3-6H2,(H,14,18). The third-order valence-corrected chi connectivity index (χ3v) is 4.52. The van der Waals surface area contributed by atoms with Crippen LogP contribution in [0.1, 0.15) is 18.9 Å². The van der Waals surface area contributed by atoms with Gasteiger partial charge in [-0.3, -0.25) is 9.36 Å². The van der Waals surface area contributed by atoms with E-state index in [4.69, 9.17) is 0 Å². The van der Waals surface area contributed by atoms with Crippen LogP contribution in [0.5, 0.6) is 5.75 Å². The lowest BCUT2D eigenvalue weighted by atomic mass is 10.1. The van der Waals surface area contributed by atoms with Crippen LogP contribution in [-0.4, -0.2) is 26.2 Å². The van der Waals surface area contributed by atoms with E-state index < -0.39 is 0 Å². The molecule has 1 aromatic heterocycles. The molecule has 100 valence electrons. The van der Waals surface area contributed by atoms with Gasteiger partial charge in [-0.2, -0.15) is 11.8 Å². The van der Waals surface area contributed by atoms with Crippen molar-refractivity contribution in [3.63, 3.8) is 0 Å². The average Bonchev–Trinajstić information content (AvgIpc) is 2.41. The van der Waals surface area contributed by atoms with Gasteiger partial charge in [-0.1, -0.05) is 0 Å². The molecule has 6 heteroatoms. The topological polar surface area (TPSA) is 75.1 Å². The first-order chi connectivity index (χ1) is 9.16. The second-order valence-corrected chi connectivity index (χ2v) is 5.90. The van der Waals surface area contributed by atoms with E-state index in [-0.39, 0.29) is 23.0 Å². The number of benzene rings is 1. The van der Waals surface area contributed by atoms with Crippen molar-refractivity contribution < 1.29 is 5.11 Å². The molecule has 2 aromatic rings. The van der Waals surface area contributed by atoms with Gasteiger partial charge in [-0.25, -0.2) is 4.79 Å². The van der Waals surface area contributed by atoms with Crippen molar-refractivity contribution in [2.24, 2.45) is 0 Å². The Hall–Kier alpha value is -1.69. The van der Waals surface area contributed by atoms with Crippen LogP contribution >= 0.6 is 11.8 Å². The molecule has 0 atom stereocenters. The van der Waals surface area contributed by atoms with Gasteiger partial charge in [-0.15, -0.1) is 0 Å². The number of phenols is 1. The number of hydrogen-bond donors (Lipinski definition) is 2. The van der Waals surface area contributed by atoms with Crippen molar-refractivity contribution >= 4 is 22.7 Å². The number of phenolic OH excluding ortho intramolecular Hbond substituents is 1. The number of nitrogens with zero attached hydrogens (tertiary/aromatic N) is 1. The van der Waals surface area contributed by atoms with Gasteiger partial charge in [0.05, 0.1) is 10.9 Å². The lowest BCUT2D eigenvalue weighted by molar-refractivity contribution is 0.440. The number of nitrogens with one attached hydrogen (secondary N) is 1. The molecule has 5 nitrogen and oxygen atoms in total. The maximum absolute atomic E-state index is 12.4. The Balaban J connectivity index is 2.24. The number of aromatic amines is 1. The molecule has 0 bridgehead atoms. The largest absolute Gasteiger partial charge is 0.508 e. The summed E-state index contributed by atoms with van der Waals surface area (Å²) in [6.45, 7) is 0. The van der Waals surface area contributed by atoms with Gasteiger partial charge in [0, 0.05) is 6.04 Å². The molecule has 1 aliphatic rings. The van der Waals surface area contributed by atoms with Crippen LogP contribution in [0.2, 0.25) is 0 Å². The maximum Gasteiger partial charge on any atom is 0.329 e. The van der Waals surface area contributed by atoms with E-state index in [1.807, 2.05) is 11.8 Å². The molecule has 1 saturated heterocycles. The molecule has 2 N–H and O–H groups in total. The SMILES string of the molecule is O=c1[nH]c2ccc(O)cc2c(=O)n1C1CCSCC1. The third-order valence-electron chi connectivity index (χ3n) is 3.47. The van der Waals surface area contributed by atoms with E-state index in [1.165, 1.54) is 16.7 Å². The van der Waals surface area contributed by atoms with Crippen LogP contribution in [-0.2, 0) is 0 Å². The smallest absolute Gasteiger partial charge is 0.329 e. The highest BCUT2D eigenvalue weighted by atomic mass is 32.2. The Morgan fingerprint density at radius 2 is 2.00 bits per heavy atom. The van der Waals surface area contributed by atoms with Gasteiger partial charge in [0.1, 0.15) is 5.75 Å². The Bertz CT molecular complexity index is 729. The molecular formula is C13H14N2O3S. The highest BCUT2D eigenvalue weighted by Crippen LogP contribution is 2.25. The molecule has 0 amide bonds. The van der Waals surface area contributed by atoms with Crippen LogP contribution in [0, 0.1) is 0 Å². The molecule has 0 saturated carbocycles. The summed E-state index contributed by atoms with van der Waals surface area (Å²) in [6.07, 6.45) is 1.66. The van der Waals surface area contributed by atoms with Gasteiger partial charge in [0.2, 0.25) is 0 Å². The molecule has 0 unspecified atom stereocenters. The summed E-state index contributed by atoms with van der Waals surface area (Å²) in [6, 6.07) is 4.37. The highest BCUT2D eigenvalue weighted by molar-refractivity contribution is 7.99. The van der Waals surface area contributed by atoms with Crippen molar-refractivity contribution in [1.82, 2.24) is 9.55 Å². The van der Waals surface area contributed by atoms with E-state index in [1.54, 1.807) is 6.07 Å². The Morgan fingerprint density at radius 3 is 2.74 bits per heavy atom. The predicted molar refractivity (Wildman–Crippen MR) is 76.1 cm³/mol. The molecule has 1 aromatic carbocycles. The highest BCUT2D eigenvalue weighted by Gasteiger charge is 2.20. The van der Waals surface area contributed by atoms with Crippen LogP contribution in [0.4, 0.5) is 0 Å². The van der Waals surface area contributed by atoms with Crippen LogP contribution < -0.4 is 11.2 Å². The summed E-state index contributed by atoms with van der Waals surface area (Å²) >= 11 is 1.84. The average molecular weight is 278 g/mol. The number of thioether (sulfide) groups is 1. The number of fused-ring (bicyclic) bond motifs is 1. The summed E-state index contributed by atoms with van der Waals surface area (Å²) in [5, 5.41) is 9.84. The van der Waals surface area contributed by atoms with E-state index in [0.717, 1.165) is 24.3 Å². The van der Waals surface area contributed by atoms with Crippen molar-refractivity contribution in [1.29, 1.82) is 0 Å². The summed E-state index contributed by atoms with van der Waals surface area (Å²) in [7, 11) is 0. The van der Waals surface area contributed by atoms with E-state index in [9.17, 15) is 14.7 Å². The Morgan fingerprint density at radius 1 is 1.26 bits per heavy atom. The third kappa shape index (κ3) is 2.16. The molecule has 0 aliphatic carbocycles. The zero-order chi connectivity index (χ0) is 13.4. The first kappa shape index (κ1) is 12.3. The monoisotopic (exact) mass is 278 g/mol. The Labute approximate surface area is 113 Å². The summed E-state index contributed by atoms with van der Waals surface area (Å²) in [5.74, 6) is 1.96. The van der Waals surface area contributed by atoms with Gasteiger partial charge >= 0.3 is 5.69 Å². The Kier molecular flexibility index (Phi) is 3.10. The number of rotatable bonds is 1. The normalized spacial score (nSPS) is 16.8. The molecule has 3 rings (SSSR count). The number of hydrogen-bond acceptors (Lipinski definition) is 4. The summed E-state index contributed by atoms with van der Waals surface area (Å²) < 4.78 is 1.31. The van der Waals surface area contributed by atoms with Gasteiger partial charge in [0.15, 0.2) is 0 Å². The van der Waals surface area contributed by atoms with Gasteiger partial charge < -0.3 is 10.1 Å². The van der Waals surface area contributed by atoms with E-state index >= 15 is 0 Å². The molecule has 0 radical (unpaired) electrons. The van der Waals surface area contributed by atoms with Crippen molar-refractivity contribution in [3.05, 3.63) is 39.0 Å². The molecule has 2 heterocycles. The number of H-pyrrole nitrogens is 1. The fraction of sp³-hybridized carbons (Fsp3) is 0.385. The molecule has 0 spiro atoms. The fourth-order valence-electron chi connectivity index (χ4n) is 2.49. The maximum atomic E-state index is 12.4. The van der Waals surface area contributed by atoms with Crippen LogP contribution in [0.15, 0.2) is 27.8 Å². The minimum absolute atomic E-state index is 0.0300. The fourth-order valence-corrected chi connectivity index (χ4v) is 3.57. The number of aromatic nitrogens is 2. The minimum Gasteiger partial charge on any atom is -0.508 e. The van der Waals surface area contributed by atoms with Crippen molar-refractivity contribution in [3.8, 4) is 5.75 Å². The minimum atomic E-state index is -0.361. The second kappa shape index (κ2) is 4.77. The van der Waals surface area contributed by atoms with Crippen LogP contribution in [0.3, 0.4) is 0 Å². The zero-order valence-electron chi connectivity index (χ0n) is 10.3.